The molecule has 51 heavy (non-hydrogen) atoms. The molecule has 0 spiro atoms. The van der Waals surface area contributed by atoms with Gasteiger partial charge in [0.25, 0.3) is 5.91 Å². The van der Waals surface area contributed by atoms with Crippen LogP contribution in [0, 0.1) is 5.82 Å². The van der Waals surface area contributed by atoms with Crippen molar-refractivity contribution in [2.24, 2.45) is 0 Å². The van der Waals surface area contributed by atoms with Gasteiger partial charge in [-0.2, -0.15) is 13.2 Å². The summed E-state index contributed by atoms with van der Waals surface area (Å²) >= 11 is 0. The third kappa shape index (κ3) is 10.9. The van der Waals surface area contributed by atoms with Crippen molar-refractivity contribution < 1.29 is 45.8 Å². The average Bonchev–Trinajstić information content (AvgIpc) is 3.54. The lowest BCUT2D eigenvalue weighted by atomic mass is 9.96. The summed E-state index contributed by atoms with van der Waals surface area (Å²) in [6, 6.07) is 17.9. The molecule has 0 aliphatic carbocycles. The van der Waals surface area contributed by atoms with E-state index in [0.29, 0.717) is 28.3 Å². The summed E-state index contributed by atoms with van der Waals surface area (Å²) in [6.45, 7) is 2.42. The number of hydrogen-bond donors (Lipinski definition) is 3. The number of likely N-dealkylation sites (tertiary alicyclic amines) is 1. The summed E-state index contributed by atoms with van der Waals surface area (Å²) in [6.07, 6.45) is -2.29. The van der Waals surface area contributed by atoms with E-state index in [1.54, 1.807) is 19.1 Å². The van der Waals surface area contributed by atoms with Crippen molar-refractivity contribution in [1.82, 2.24) is 20.7 Å². The Kier molecular flexibility index (Phi) is 12.4. The summed E-state index contributed by atoms with van der Waals surface area (Å²) in [5.41, 5.74) is 7.52. The van der Waals surface area contributed by atoms with Crippen molar-refractivity contribution in [3.63, 3.8) is 0 Å². The second-order valence-corrected chi connectivity index (χ2v) is 11.8. The highest BCUT2D eigenvalue weighted by atomic mass is 19.4. The number of amides is 3. The van der Waals surface area contributed by atoms with Crippen molar-refractivity contribution >= 4 is 23.6 Å². The van der Waals surface area contributed by atoms with Gasteiger partial charge in [0.15, 0.2) is 11.7 Å². The Balaban J connectivity index is 1.06. The first kappa shape index (κ1) is 37.0. The van der Waals surface area contributed by atoms with Gasteiger partial charge in [-0.25, -0.2) is 24.4 Å². The Morgan fingerprint density at radius 2 is 1.59 bits per heavy atom. The summed E-state index contributed by atoms with van der Waals surface area (Å²) in [5, 5.41) is 2.56. The average molecular weight is 712 g/mol. The van der Waals surface area contributed by atoms with Gasteiger partial charge in [0.1, 0.15) is 18.1 Å². The van der Waals surface area contributed by atoms with Gasteiger partial charge in [-0.05, 0) is 106 Å². The van der Waals surface area contributed by atoms with Gasteiger partial charge in [-0.15, -0.1) is 0 Å². The largest absolute Gasteiger partial charge is 0.462 e. The third-order valence-corrected chi connectivity index (χ3v) is 8.14. The summed E-state index contributed by atoms with van der Waals surface area (Å²) in [4.78, 5) is 43.3. The fraction of sp³-hybridized carbons (Fsp3) is 0.333. The van der Waals surface area contributed by atoms with Gasteiger partial charge < -0.3 is 24.1 Å². The molecule has 0 radical (unpaired) electrons. The van der Waals surface area contributed by atoms with Crippen LogP contribution in [0.2, 0.25) is 0 Å². The fourth-order valence-electron chi connectivity index (χ4n) is 5.50. The van der Waals surface area contributed by atoms with Crippen LogP contribution in [0.5, 0.6) is 0 Å². The molecule has 3 aromatic carbocycles. The van der Waals surface area contributed by atoms with Crippen LogP contribution in [-0.4, -0.2) is 66.8 Å². The van der Waals surface area contributed by atoms with E-state index in [1.807, 2.05) is 12.1 Å². The number of halogens is 4. The van der Waals surface area contributed by atoms with Crippen LogP contribution in [0.4, 0.5) is 28.0 Å². The molecule has 1 aliphatic heterocycles. The molecule has 15 heteroatoms. The number of alkyl halides is 3. The number of piperidine rings is 1. The predicted octanol–water partition coefficient (Wildman–Crippen LogP) is 6.62. The van der Waals surface area contributed by atoms with Crippen LogP contribution >= 0.6 is 0 Å². The molecule has 1 aromatic heterocycles. The lowest BCUT2D eigenvalue weighted by Crippen LogP contribution is -2.43. The lowest BCUT2D eigenvalue weighted by molar-refractivity contribution is -0.176. The maximum absolute atomic E-state index is 13.5. The van der Waals surface area contributed by atoms with Gasteiger partial charge >= 0.3 is 18.2 Å². The number of ether oxygens (including phenoxy) is 2. The molecule has 3 N–H and O–H groups in total. The number of hydrazine groups is 1. The number of esters is 1. The van der Waals surface area contributed by atoms with E-state index in [2.05, 4.69) is 26.1 Å². The molecule has 3 amide bonds. The van der Waals surface area contributed by atoms with Crippen molar-refractivity contribution in [3.05, 3.63) is 107 Å². The maximum atomic E-state index is 13.5. The molecule has 270 valence electrons. The number of hydrogen-bond acceptors (Lipinski definition) is 8. The number of carbonyl (C=O) groups excluding carboxylic acids is 3. The minimum atomic E-state index is -4.48. The summed E-state index contributed by atoms with van der Waals surface area (Å²) < 4.78 is 67.3. The third-order valence-electron chi connectivity index (χ3n) is 8.14. The first-order valence-electron chi connectivity index (χ1n) is 16.3. The SMILES string of the molecule is CCOC(=O)c1ccc(NC(=O)NNC(=O)c2ccc(CCN3CCC(c4nc(COCC(F)(F)F)c(-c5ccc(F)cc5)o4)CC3)cc2)cc1. The van der Waals surface area contributed by atoms with Gasteiger partial charge in [0, 0.05) is 29.3 Å². The normalized spacial score (nSPS) is 13.8. The molecule has 1 aliphatic rings. The van der Waals surface area contributed by atoms with E-state index in [0.717, 1.165) is 44.5 Å². The Hall–Kier alpha value is -5.28. The van der Waals surface area contributed by atoms with Crippen molar-refractivity contribution in [3.8, 4) is 11.3 Å². The number of benzene rings is 3. The standard InChI is InChI=1S/C36H37F4N5O6/c1-2-50-34(47)27-9-13-29(14-10-27)41-35(48)44-43-32(46)25-5-3-23(4-6-25)15-18-45-19-16-26(17-20-45)33-42-30(21-49-22-36(38,39)40)31(51-33)24-7-11-28(37)12-8-24/h3-14,26H,2,15-22H2,1H3,(H,43,46)(H2,41,44,48). The van der Waals surface area contributed by atoms with Gasteiger partial charge in [-0.3, -0.25) is 10.2 Å². The number of nitrogens with one attached hydrogen (secondary N) is 3. The molecule has 1 saturated heterocycles. The zero-order valence-corrected chi connectivity index (χ0v) is 27.7. The monoisotopic (exact) mass is 711 g/mol. The smallest absolute Gasteiger partial charge is 0.411 e. The Morgan fingerprint density at radius 1 is 0.922 bits per heavy atom. The van der Waals surface area contributed by atoms with E-state index >= 15 is 0 Å². The second kappa shape index (κ2) is 17.1. The minimum absolute atomic E-state index is 0.0397. The van der Waals surface area contributed by atoms with E-state index < -0.39 is 43.1 Å². The first-order valence-corrected chi connectivity index (χ1v) is 16.3. The molecule has 1 fully saturated rings. The van der Waals surface area contributed by atoms with E-state index in [-0.39, 0.29) is 24.0 Å². The number of nitrogens with zero attached hydrogens (tertiary/aromatic N) is 2. The van der Waals surface area contributed by atoms with Gasteiger partial charge in [-0.1, -0.05) is 12.1 Å². The van der Waals surface area contributed by atoms with E-state index in [9.17, 15) is 31.9 Å². The van der Waals surface area contributed by atoms with E-state index in [4.69, 9.17) is 13.9 Å². The molecular weight excluding hydrogens is 674 g/mol. The Labute approximate surface area is 291 Å². The number of urea groups is 1. The molecule has 2 heterocycles. The predicted molar refractivity (Wildman–Crippen MR) is 178 cm³/mol. The number of carbonyl (C=O) groups is 3. The van der Waals surface area contributed by atoms with Crippen LogP contribution in [-0.2, 0) is 22.5 Å². The maximum Gasteiger partial charge on any atom is 0.411 e. The number of aromatic nitrogens is 1. The Morgan fingerprint density at radius 3 is 2.24 bits per heavy atom. The highest BCUT2D eigenvalue weighted by Gasteiger charge is 2.30. The highest BCUT2D eigenvalue weighted by molar-refractivity contribution is 5.97. The second-order valence-electron chi connectivity index (χ2n) is 11.8. The minimum Gasteiger partial charge on any atom is -0.462 e. The summed E-state index contributed by atoms with van der Waals surface area (Å²) in [5.74, 6) is -0.763. The van der Waals surface area contributed by atoms with Crippen molar-refractivity contribution in [1.29, 1.82) is 0 Å². The van der Waals surface area contributed by atoms with Crippen LogP contribution in [0.3, 0.4) is 0 Å². The molecule has 5 rings (SSSR count). The highest BCUT2D eigenvalue weighted by Crippen LogP contribution is 2.34. The summed E-state index contributed by atoms with van der Waals surface area (Å²) in [7, 11) is 0. The van der Waals surface area contributed by atoms with Gasteiger partial charge in [0.05, 0.1) is 18.8 Å². The fourth-order valence-corrected chi connectivity index (χ4v) is 5.50. The number of rotatable bonds is 12. The molecular formula is C36H37F4N5O6. The van der Waals surface area contributed by atoms with Crippen LogP contribution < -0.4 is 16.2 Å². The topological polar surface area (TPSA) is 135 Å². The first-order chi connectivity index (χ1) is 24.5. The van der Waals surface area contributed by atoms with Gasteiger partial charge in [0.2, 0.25) is 0 Å². The molecule has 11 nitrogen and oxygen atoms in total. The number of oxazole rings is 1. The zero-order valence-electron chi connectivity index (χ0n) is 27.7. The molecule has 0 atom stereocenters. The molecule has 4 aromatic rings. The van der Waals surface area contributed by atoms with Crippen molar-refractivity contribution in [2.75, 3.05) is 38.2 Å². The van der Waals surface area contributed by atoms with Crippen LogP contribution in [0.25, 0.3) is 11.3 Å². The zero-order chi connectivity index (χ0) is 36.4. The van der Waals surface area contributed by atoms with Crippen LogP contribution in [0.1, 0.15) is 63.5 Å². The quantitative estimate of drug-likeness (QED) is 0.0848. The molecule has 0 saturated carbocycles. The number of anilines is 1. The lowest BCUT2D eigenvalue weighted by Gasteiger charge is -2.30. The van der Waals surface area contributed by atoms with E-state index in [1.165, 1.54) is 48.5 Å². The molecule has 0 bridgehead atoms. The Bertz CT molecular complexity index is 1770. The van der Waals surface area contributed by atoms with Crippen molar-refractivity contribution in [2.45, 2.75) is 44.9 Å². The van der Waals surface area contributed by atoms with Crippen LogP contribution in [0.15, 0.2) is 77.2 Å². The molecule has 0 unspecified atom stereocenters.